The largest absolute Gasteiger partial charge is 0.532 e. The van der Waals surface area contributed by atoms with Crippen molar-refractivity contribution in [2.75, 3.05) is 0 Å². The van der Waals surface area contributed by atoms with Gasteiger partial charge < -0.3 is 14.1 Å². The molecule has 1 atom stereocenters. The van der Waals surface area contributed by atoms with Gasteiger partial charge in [-0.3, -0.25) is 0 Å². The van der Waals surface area contributed by atoms with Gasteiger partial charge >= 0.3 is 0 Å². The Morgan fingerprint density at radius 1 is 1.22 bits per heavy atom. The quantitative estimate of drug-likeness (QED) is 0.772. The summed E-state index contributed by atoms with van der Waals surface area (Å²) >= 11 is 0. The normalized spacial score (nSPS) is 14.3. The van der Waals surface area contributed by atoms with Crippen LogP contribution in [0.2, 0.25) is 18.1 Å². The topological polar surface area (TPSA) is 34.4 Å². The minimum absolute atomic E-state index is 0.143. The van der Waals surface area contributed by atoms with Gasteiger partial charge in [-0.25, -0.2) is 0 Å². The Balaban J connectivity index is 2.57. The molecule has 0 aliphatic carbocycles. The summed E-state index contributed by atoms with van der Waals surface area (Å²) in [7, 11) is -1.94. The van der Waals surface area contributed by atoms with Crippen molar-refractivity contribution in [1.82, 2.24) is 4.57 Å². The number of aryl methyl sites for hydroxylation is 1. The van der Waals surface area contributed by atoms with Crippen molar-refractivity contribution in [3.8, 4) is 5.88 Å². The lowest BCUT2D eigenvalue weighted by atomic mass is 10.2. The van der Waals surface area contributed by atoms with E-state index in [1.807, 2.05) is 13.0 Å². The third kappa shape index (κ3) is 3.48. The Morgan fingerprint density at radius 3 is 2.39 bits per heavy atom. The molecule has 128 valence electrons. The van der Waals surface area contributed by atoms with Gasteiger partial charge in [0.25, 0.3) is 8.32 Å². The van der Waals surface area contributed by atoms with E-state index < -0.39 is 8.32 Å². The third-order valence-corrected chi connectivity index (χ3v) is 9.50. The van der Waals surface area contributed by atoms with Crippen LogP contribution in [0.25, 0.3) is 10.9 Å². The number of nitrogens with zero attached hydrogens (tertiary/aromatic N) is 1. The van der Waals surface area contributed by atoms with Crippen LogP contribution in [0.4, 0.5) is 0 Å². The average molecular weight is 334 g/mol. The standard InChI is InChI=1S/C19H31NO2Si/c1-8-15(21)13-20-17-12-10-9-11-16(17)14(2)18(20)22-23(6,7)19(3,4)5/h9-12,15,21H,8,13H2,1-7H3/t15-/m0/s1. The highest BCUT2D eigenvalue weighted by molar-refractivity contribution is 6.74. The second kappa shape index (κ2) is 6.33. The number of hydrogen-bond acceptors (Lipinski definition) is 2. The Kier molecular flexibility index (Phi) is 4.97. The number of para-hydroxylation sites is 1. The molecule has 0 fully saturated rings. The molecular formula is C19H31NO2Si. The van der Waals surface area contributed by atoms with Crippen LogP contribution in [-0.4, -0.2) is 24.1 Å². The van der Waals surface area contributed by atoms with Crippen molar-refractivity contribution >= 4 is 19.2 Å². The average Bonchev–Trinajstić information content (AvgIpc) is 2.72. The Labute approximate surface area is 141 Å². The van der Waals surface area contributed by atoms with E-state index in [1.165, 1.54) is 10.9 Å². The van der Waals surface area contributed by atoms with Crippen molar-refractivity contribution in [2.24, 2.45) is 0 Å². The summed E-state index contributed by atoms with van der Waals surface area (Å²) in [5, 5.41) is 11.6. The zero-order valence-electron chi connectivity index (χ0n) is 15.6. The summed E-state index contributed by atoms with van der Waals surface area (Å²) in [6, 6.07) is 8.36. The molecule has 4 heteroatoms. The predicted octanol–water partition coefficient (Wildman–Crippen LogP) is 5.10. The van der Waals surface area contributed by atoms with Gasteiger partial charge in [-0.2, -0.15) is 0 Å². The van der Waals surface area contributed by atoms with Gasteiger partial charge in [0.05, 0.1) is 18.2 Å². The molecule has 0 unspecified atom stereocenters. The Morgan fingerprint density at radius 2 is 1.83 bits per heavy atom. The number of benzene rings is 1. The molecule has 2 aromatic rings. The van der Waals surface area contributed by atoms with Crippen molar-refractivity contribution in [1.29, 1.82) is 0 Å². The van der Waals surface area contributed by atoms with E-state index in [0.717, 1.165) is 17.8 Å². The highest BCUT2D eigenvalue weighted by Gasteiger charge is 2.40. The molecule has 3 nitrogen and oxygen atoms in total. The fraction of sp³-hybridized carbons (Fsp3) is 0.579. The van der Waals surface area contributed by atoms with Crippen LogP contribution in [0, 0.1) is 6.92 Å². The van der Waals surface area contributed by atoms with E-state index in [-0.39, 0.29) is 11.1 Å². The van der Waals surface area contributed by atoms with Crippen LogP contribution in [0.1, 0.15) is 39.7 Å². The lowest BCUT2D eigenvalue weighted by Crippen LogP contribution is -2.44. The van der Waals surface area contributed by atoms with Gasteiger partial charge in [0.15, 0.2) is 5.88 Å². The van der Waals surface area contributed by atoms with Gasteiger partial charge in [-0.05, 0) is 37.5 Å². The van der Waals surface area contributed by atoms with Gasteiger partial charge in [0, 0.05) is 10.9 Å². The molecule has 0 spiro atoms. The fourth-order valence-electron chi connectivity index (χ4n) is 2.50. The van der Waals surface area contributed by atoms with Gasteiger partial charge in [-0.15, -0.1) is 0 Å². The molecule has 0 aliphatic rings. The molecule has 23 heavy (non-hydrogen) atoms. The second-order valence-corrected chi connectivity index (χ2v) is 12.7. The first-order valence-corrected chi connectivity index (χ1v) is 11.4. The van der Waals surface area contributed by atoms with E-state index in [1.54, 1.807) is 0 Å². The highest BCUT2D eigenvalue weighted by Crippen LogP contribution is 2.40. The minimum atomic E-state index is -1.94. The summed E-state index contributed by atoms with van der Waals surface area (Å²) < 4.78 is 8.82. The molecule has 1 aromatic carbocycles. The van der Waals surface area contributed by atoms with E-state index >= 15 is 0 Å². The van der Waals surface area contributed by atoms with Crippen molar-refractivity contribution in [3.63, 3.8) is 0 Å². The molecule has 1 aromatic heterocycles. The molecule has 0 aliphatic heterocycles. The highest BCUT2D eigenvalue weighted by atomic mass is 28.4. The molecule has 0 amide bonds. The minimum Gasteiger partial charge on any atom is -0.532 e. The monoisotopic (exact) mass is 333 g/mol. The maximum absolute atomic E-state index is 10.2. The lowest BCUT2D eigenvalue weighted by molar-refractivity contribution is 0.149. The number of rotatable bonds is 5. The summed E-state index contributed by atoms with van der Waals surface area (Å²) in [5.74, 6) is 0.935. The van der Waals surface area contributed by atoms with Gasteiger partial charge in [0.1, 0.15) is 0 Å². The first kappa shape index (κ1) is 18.1. The zero-order valence-corrected chi connectivity index (χ0v) is 16.6. The third-order valence-electron chi connectivity index (χ3n) is 5.19. The van der Waals surface area contributed by atoms with Crippen LogP contribution in [-0.2, 0) is 6.54 Å². The van der Waals surface area contributed by atoms with Crippen LogP contribution < -0.4 is 4.43 Å². The lowest BCUT2D eigenvalue weighted by Gasteiger charge is -2.37. The molecular weight excluding hydrogens is 302 g/mol. The Bertz CT molecular complexity index is 682. The molecule has 0 radical (unpaired) electrons. The number of aliphatic hydroxyl groups excluding tert-OH is 1. The first-order chi connectivity index (χ1) is 10.6. The van der Waals surface area contributed by atoms with E-state index in [4.69, 9.17) is 4.43 Å². The van der Waals surface area contributed by atoms with Crippen LogP contribution >= 0.6 is 0 Å². The first-order valence-electron chi connectivity index (χ1n) is 8.53. The van der Waals surface area contributed by atoms with E-state index in [9.17, 15) is 5.11 Å². The molecule has 2 rings (SSSR count). The summed E-state index contributed by atoms with van der Waals surface area (Å²) in [6.07, 6.45) is 0.387. The van der Waals surface area contributed by atoms with Crippen molar-refractivity contribution in [2.45, 2.75) is 71.8 Å². The molecule has 0 saturated carbocycles. The molecule has 0 bridgehead atoms. The van der Waals surface area contributed by atoms with Crippen LogP contribution in [0.15, 0.2) is 24.3 Å². The van der Waals surface area contributed by atoms with Gasteiger partial charge in [-0.1, -0.05) is 45.9 Å². The zero-order chi connectivity index (χ0) is 17.4. The molecule has 1 N–H and O–H groups in total. The number of fused-ring (bicyclic) bond motifs is 1. The Hall–Kier alpha value is -1.26. The van der Waals surface area contributed by atoms with Crippen molar-refractivity contribution in [3.05, 3.63) is 29.8 Å². The smallest absolute Gasteiger partial charge is 0.252 e. The molecule has 0 saturated heterocycles. The SMILES string of the molecule is CC[C@H](O)Cn1c(O[Si](C)(C)C(C)(C)C)c(C)c2ccccc21. The predicted molar refractivity (Wildman–Crippen MR) is 101 cm³/mol. The summed E-state index contributed by atoms with van der Waals surface area (Å²) in [6.45, 7) is 16.0. The van der Waals surface area contributed by atoms with Crippen LogP contribution in [0.3, 0.4) is 0 Å². The summed E-state index contributed by atoms with van der Waals surface area (Å²) in [4.78, 5) is 0. The van der Waals surface area contributed by atoms with Gasteiger partial charge in [0.2, 0.25) is 0 Å². The summed E-state index contributed by atoms with van der Waals surface area (Å²) in [5.41, 5.74) is 2.32. The maximum Gasteiger partial charge on any atom is 0.252 e. The van der Waals surface area contributed by atoms with Crippen LogP contribution in [0.5, 0.6) is 5.88 Å². The number of aromatic nitrogens is 1. The van der Waals surface area contributed by atoms with Crippen molar-refractivity contribution < 1.29 is 9.53 Å². The second-order valence-electron chi connectivity index (χ2n) is 7.98. The fourth-order valence-corrected chi connectivity index (χ4v) is 3.55. The molecule has 1 heterocycles. The van der Waals surface area contributed by atoms with E-state index in [0.29, 0.717) is 6.54 Å². The number of aliphatic hydroxyl groups is 1. The maximum atomic E-state index is 10.2. The van der Waals surface area contributed by atoms with E-state index in [2.05, 4.69) is 63.6 Å². The number of hydrogen-bond donors (Lipinski definition) is 1.